The molecular formula is C19H29N5S. The van der Waals surface area contributed by atoms with Gasteiger partial charge >= 0.3 is 0 Å². The van der Waals surface area contributed by atoms with E-state index in [4.69, 9.17) is 0 Å². The fourth-order valence-corrected chi connectivity index (χ4v) is 3.49. The minimum Gasteiger partial charge on any atom is -0.375 e. The zero-order valence-electron chi connectivity index (χ0n) is 15.7. The summed E-state index contributed by atoms with van der Waals surface area (Å²) in [6.45, 7) is 6.84. The summed E-state index contributed by atoms with van der Waals surface area (Å²) in [5.74, 6) is 0.849. The molecule has 0 radical (unpaired) electrons. The molecule has 2 aromatic rings. The molecule has 1 heterocycles. The highest BCUT2D eigenvalue weighted by molar-refractivity contribution is 7.11. The van der Waals surface area contributed by atoms with Crippen molar-refractivity contribution in [3.05, 3.63) is 45.9 Å². The van der Waals surface area contributed by atoms with Crippen molar-refractivity contribution in [2.75, 3.05) is 32.1 Å². The van der Waals surface area contributed by atoms with E-state index in [-0.39, 0.29) is 0 Å². The van der Waals surface area contributed by atoms with Crippen molar-refractivity contribution in [3.8, 4) is 0 Å². The van der Waals surface area contributed by atoms with Crippen LogP contribution in [0.5, 0.6) is 0 Å². The van der Waals surface area contributed by atoms with Crippen molar-refractivity contribution in [3.63, 3.8) is 0 Å². The van der Waals surface area contributed by atoms with Crippen molar-refractivity contribution in [2.45, 2.75) is 33.2 Å². The predicted octanol–water partition coefficient (Wildman–Crippen LogP) is 3.34. The number of thiazole rings is 1. The molecule has 6 heteroatoms. The predicted molar refractivity (Wildman–Crippen MR) is 109 cm³/mol. The molecule has 5 nitrogen and oxygen atoms in total. The highest BCUT2D eigenvalue weighted by Crippen LogP contribution is 2.16. The summed E-state index contributed by atoms with van der Waals surface area (Å²) < 4.78 is 0. The molecular weight excluding hydrogens is 330 g/mol. The van der Waals surface area contributed by atoms with Gasteiger partial charge in [0, 0.05) is 37.7 Å². The molecule has 1 aromatic carbocycles. The van der Waals surface area contributed by atoms with Crippen molar-refractivity contribution >= 4 is 23.0 Å². The molecule has 2 N–H and O–H groups in total. The number of nitrogens with one attached hydrogen (secondary N) is 2. The zero-order chi connectivity index (χ0) is 18.1. The second kappa shape index (κ2) is 10.0. The number of para-hydroxylation sites is 1. The average molecular weight is 360 g/mol. The Morgan fingerprint density at radius 3 is 2.56 bits per heavy atom. The molecule has 136 valence electrons. The van der Waals surface area contributed by atoms with Crippen molar-refractivity contribution in [1.29, 1.82) is 0 Å². The fourth-order valence-electron chi connectivity index (χ4n) is 2.61. The third-order valence-electron chi connectivity index (χ3n) is 4.05. The Morgan fingerprint density at radius 2 is 1.92 bits per heavy atom. The number of rotatable bonds is 8. The van der Waals surface area contributed by atoms with Crippen LogP contribution in [0.25, 0.3) is 0 Å². The minimum atomic E-state index is 0.772. The molecule has 0 atom stereocenters. The van der Waals surface area contributed by atoms with Crippen LogP contribution in [-0.2, 0) is 6.54 Å². The van der Waals surface area contributed by atoms with Gasteiger partial charge in [-0.1, -0.05) is 18.2 Å². The molecule has 0 bridgehead atoms. The topological polar surface area (TPSA) is 52.6 Å². The molecule has 0 unspecified atom stereocenters. The quantitative estimate of drug-likeness (QED) is 0.431. The van der Waals surface area contributed by atoms with Gasteiger partial charge in [0.25, 0.3) is 0 Å². The maximum atomic E-state index is 4.46. The summed E-state index contributed by atoms with van der Waals surface area (Å²) >= 11 is 1.74. The number of aryl methyl sites for hydroxylation is 2. The minimum absolute atomic E-state index is 0.772. The monoisotopic (exact) mass is 359 g/mol. The first-order valence-corrected chi connectivity index (χ1v) is 9.55. The summed E-state index contributed by atoms with van der Waals surface area (Å²) in [5, 5.41) is 7.86. The average Bonchev–Trinajstić information content (AvgIpc) is 2.95. The number of aromatic nitrogens is 1. The van der Waals surface area contributed by atoms with E-state index in [9.17, 15) is 0 Å². The molecule has 0 aliphatic rings. The Hall–Kier alpha value is -2.08. The van der Waals surface area contributed by atoms with Gasteiger partial charge in [0.05, 0.1) is 17.2 Å². The standard InChI is InChI=1S/C19H29N5S/c1-15-18(25-16(2)23-15)14-22-19(20-3)21-12-8-9-13-24(4)17-10-6-5-7-11-17/h5-7,10-11H,8-9,12-14H2,1-4H3,(H2,20,21,22). The Morgan fingerprint density at radius 1 is 1.16 bits per heavy atom. The first-order chi connectivity index (χ1) is 12.1. The van der Waals surface area contributed by atoms with Gasteiger partial charge in [-0.2, -0.15) is 0 Å². The number of nitrogens with zero attached hydrogens (tertiary/aromatic N) is 3. The van der Waals surface area contributed by atoms with Gasteiger partial charge in [-0.15, -0.1) is 11.3 Å². The number of anilines is 1. The van der Waals surface area contributed by atoms with Crippen LogP contribution in [0.2, 0.25) is 0 Å². The van der Waals surface area contributed by atoms with Crippen LogP contribution in [0.4, 0.5) is 5.69 Å². The van der Waals surface area contributed by atoms with E-state index >= 15 is 0 Å². The van der Waals surface area contributed by atoms with E-state index in [1.165, 1.54) is 10.6 Å². The number of unbranched alkanes of at least 4 members (excludes halogenated alkanes) is 1. The molecule has 1 aromatic heterocycles. The summed E-state index contributed by atoms with van der Waals surface area (Å²) in [5.41, 5.74) is 2.37. The van der Waals surface area contributed by atoms with E-state index in [2.05, 4.69) is 69.8 Å². The number of benzene rings is 1. The second-order valence-corrected chi connectivity index (χ2v) is 7.35. The van der Waals surface area contributed by atoms with Gasteiger partial charge in [-0.05, 0) is 38.8 Å². The normalized spacial score (nSPS) is 11.4. The number of hydrogen-bond donors (Lipinski definition) is 2. The SMILES string of the molecule is CN=C(NCCCCN(C)c1ccccc1)NCc1sc(C)nc1C. The highest BCUT2D eigenvalue weighted by atomic mass is 32.1. The third kappa shape index (κ3) is 6.38. The molecule has 0 aliphatic heterocycles. The van der Waals surface area contributed by atoms with Crippen LogP contribution in [0, 0.1) is 13.8 Å². The van der Waals surface area contributed by atoms with Crippen molar-refractivity contribution < 1.29 is 0 Å². The van der Waals surface area contributed by atoms with Gasteiger partial charge in [0.15, 0.2) is 5.96 Å². The highest BCUT2D eigenvalue weighted by Gasteiger charge is 2.05. The number of guanidine groups is 1. The summed E-state index contributed by atoms with van der Waals surface area (Å²) in [6, 6.07) is 10.5. The number of aliphatic imine (C=N–C) groups is 1. The van der Waals surface area contributed by atoms with Gasteiger partial charge in [-0.25, -0.2) is 4.98 Å². The second-order valence-electron chi connectivity index (χ2n) is 6.06. The van der Waals surface area contributed by atoms with E-state index in [0.717, 1.165) is 49.1 Å². The first kappa shape index (κ1) is 19.2. The van der Waals surface area contributed by atoms with Crippen molar-refractivity contribution in [2.24, 2.45) is 4.99 Å². The van der Waals surface area contributed by atoms with Gasteiger partial charge in [0.2, 0.25) is 0 Å². The smallest absolute Gasteiger partial charge is 0.191 e. The van der Waals surface area contributed by atoms with Crippen LogP contribution < -0.4 is 15.5 Å². The molecule has 0 aliphatic carbocycles. The lowest BCUT2D eigenvalue weighted by Gasteiger charge is -2.19. The fraction of sp³-hybridized carbons (Fsp3) is 0.474. The lowest BCUT2D eigenvalue weighted by Crippen LogP contribution is -2.37. The van der Waals surface area contributed by atoms with Gasteiger partial charge in [-0.3, -0.25) is 4.99 Å². The third-order valence-corrected chi connectivity index (χ3v) is 5.12. The first-order valence-electron chi connectivity index (χ1n) is 8.73. The lowest BCUT2D eigenvalue weighted by atomic mass is 10.2. The Labute approximate surface area is 155 Å². The van der Waals surface area contributed by atoms with Crippen molar-refractivity contribution in [1.82, 2.24) is 15.6 Å². The molecule has 0 spiro atoms. The van der Waals surface area contributed by atoms with Crippen LogP contribution in [-0.4, -0.2) is 38.1 Å². The Balaban J connectivity index is 1.63. The summed E-state index contributed by atoms with van der Waals surface area (Å²) in [6.07, 6.45) is 2.25. The van der Waals surface area contributed by atoms with Crippen LogP contribution in [0.15, 0.2) is 35.3 Å². The van der Waals surface area contributed by atoms with E-state index < -0.39 is 0 Å². The van der Waals surface area contributed by atoms with Gasteiger partial charge in [0.1, 0.15) is 0 Å². The summed E-state index contributed by atoms with van der Waals surface area (Å²) in [4.78, 5) is 12.3. The van der Waals surface area contributed by atoms with Crippen LogP contribution in [0.1, 0.15) is 28.4 Å². The summed E-state index contributed by atoms with van der Waals surface area (Å²) in [7, 11) is 3.95. The molecule has 0 fully saturated rings. The molecule has 0 amide bonds. The Bertz CT molecular complexity index is 666. The maximum absolute atomic E-state index is 4.46. The molecule has 2 rings (SSSR count). The van der Waals surface area contributed by atoms with E-state index in [1.807, 2.05) is 14.0 Å². The Kier molecular flexibility index (Phi) is 7.73. The van der Waals surface area contributed by atoms with E-state index in [1.54, 1.807) is 11.3 Å². The molecule has 0 saturated heterocycles. The largest absolute Gasteiger partial charge is 0.375 e. The van der Waals surface area contributed by atoms with E-state index in [0.29, 0.717) is 0 Å². The van der Waals surface area contributed by atoms with Crippen LogP contribution in [0.3, 0.4) is 0 Å². The molecule has 0 saturated carbocycles. The number of hydrogen-bond acceptors (Lipinski definition) is 4. The zero-order valence-corrected chi connectivity index (χ0v) is 16.5. The maximum Gasteiger partial charge on any atom is 0.191 e. The molecule has 25 heavy (non-hydrogen) atoms. The lowest BCUT2D eigenvalue weighted by molar-refractivity contribution is 0.687. The van der Waals surface area contributed by atoms with Gasteiger partial charge < -0.3 is 15.5 Å². The van der Waals surface area contributed by atoms with Crippen LogP contribution >= 0.6 is 11.3 Å².